The molecule has 8 heteroatoms. The predicted molar refractivity (Wildman–Crippen MR) is 116 cm³/mol. The third kappa shape index (κ3) is 4.49. The summed E-state index contributed by atoms with van der Waals surface area (Å²) in [6.07, 6.45) is 5.06. The maximum Gasteiger partial charge on any atom is 0.326 e. The second kappa shape index (κ2) is 8.60. The van der Waals surface area contributed by atoms with Crippen LogP contribution in [0.15, 0.2) is 67.0 Å². The minimum atomic E-state index is -0.701. The van der Waals surface area contributed by atoms with Gasteiger partial charge < -0.3 is 15.7 Å². The number of anilines is 2. The largest absolute Gasteiger partial charge is 0.392 e. The molecule has 1 aromatic heterocycles. The number of aliphatic hydroxyl groups excluding tert-OH is 1. The van der Waals surface area contributed by atoms with Gasteiger partial charge in [0.25, 0.3) is 11.8 Å². The molecule has 0 saturated carbocycles. The lowest BCUT2D eigenvalue weighted by molar-refractivity contribution is -0.110. The van der Waals surface area contributed by atoms with Gasteiger partial charge in [0.2, 0.25) is 0 Å². The Morgan fingerprint density at radius 3 is 2.48 bits per heavy atom. The summed E-state index contributed by atoms with van der Waals surface area (Å²) in [6, 6.07) is 14.2. The van der Waals surface area contributed by atoms with Crippen LogP contribution < -0.4 is 16.0 Å². The van der Waals surface area contributed by atoms with Gasteiger partial charge in [-0.3, -0.25) is 19.9 Å². The number of pyridine rings is 1. The van der Waals surface area contributed by atoms with Crippen molar-refractivity contribution in [3.8, 4) is 0 Å². The van der Waals surface area contributed by atoms with Crippen LogP contribution in [0.1, 0.15) is 27.0 Å². The quantitative estimate of drug-likeness (QED) is 0.489. The van der Waals surface area contributed by atoms with Crippen molar-refractivity contribution < 1.29 is 19.5 Å². The van der Waals surface area contributed by atoms with Crippen LogP contribution in [0, 0.1) is 0 Å². The molecule has 31 heavy (non-hydrogen) atoms. The second-order valence-electron chi connectivity index (χ2n) is 6.82. The monoisotopic (exact) mass is 414 g/mol. The molecule has 0 saturated heterocycles. The lowest BCUT2D eigenvalue weighted by atomic mass is 10.0. The standard InChI is InChI=1S/C23H18N4O4/c28-13-15-1-3-16(4-2-15)21(29)27-23(31)25-17-5-6-18-19(22(30)26-20(18)12-17)11-14-7-9-24-10-8-14/h1-12,28H,13H2,(H,26,30)(H2,25,27,29,31). The molecule has 0 unspecified atom stereocenters. The molecule has 8 nitrogen and oxygen atoms in total. The molecule has 0 bridgehead atoms. The Hall–Kier alpha value is -4.30. The molecule has 2 aromatic carbocycles. The van der Waals surface area contributed by atoms with Gasteiger partial charge in [0.05, 0.1) is 12.3 Å². The van der Waals surface area contributed by atoms with E-state index in [0.29, 0.717) is 33.6 Å². The molecule has 4 N–H and O–H groups in total. The first-order chi connectivity index (χ1) is 15.0. The number of urea groups is 1. The lowest BCUT2D eigenvalue weighted by Gasteiger charge is -2.08. The van der Waals surface area contributed by atoms with E-state index >= 15 is 0 Å². The van der Waals surface area contributed by atoms with Crippen molar-refractivity contribution in [1.82, 2.24) is 10.3 Å². The van der Waals surface area contributed by atoms with Gasteiger partial charge >= 0.3 is 6.03 Å². The molecule has 0 spiro atoms. The Labute approximate surface area is 177 Å². The van der Waals surface area contributed by atoms with Crippen molar-refractivity contribution in [2.45, 2.75) is 6.61 Å². The fourth-order valence-corrected chi connectivity index (χ4v) is 3.14. The van der Waals surface area contributed by atoms with Crippen LogP contribution in [0.2, 0.25) is 0 Å². The van der Waals surface area contributed by atoms with Crippen molar-refractivity contribution in [3.63, 3.8) is 0 Å². The van der Waals surface area contributed by atoms with E-state index in [1.54, 1.807) is 60.9 Å². The van der Waals surface area contributed by atoms with E-state index in [4.69, 9.17) is 5.11 Å². The van der Waals surface area contributed by atoms with E-state index in [1.807, 2.05) is 0 Å². The molecule has 0 aliphatic carbocycles. The Morgan fingerprint density at radius 1 is 1.03 bits per heavy atom. The Morgan fingerprint density at radius 2 is 1.77 bits per heavy atom. The van der Waals surface area contributed by atoms with Crippen LogP contribution in [0.4, 0.5) is 16.2 Å². The molecule has 3 aromatic rings. The van der Waals surface area contributed by atoms with Crippen molar-refractivity contribution in [2.24, 2.45) is 0 Å². The highest BCUT2D eigenvalue weighted by atomic mass is 16.3. The Bertz CT molecular complexity index is 1190. The van der Waals surface area contributed by atoms with Crippen LogP contribution in [0.5, 0.6) is 0 Å². The molecule has 0 radical (unpaired) electrons. The molecule has 4 amide bonds. The van der Waals surface area contributed by atoms with Gasteiger partial charge in [-0.05, 0) is 53.6 Å². The van der Waals surface area contributed by atoms with Crippen LogP contribution >= 0.6 is 0 Å². The molecular formula is C23H18N4O4. The number of benzene rings is 2. The van der Waals surface area contributed by atoms with E-state index in [9.17, 15) is 14.4 Å². The van der Waals surface area contributed by atoms with Crippen LogP contribution in [-0.4, -0.2) is 27.9 Å². The summed E-state index contributed by atoms with van der Waals surface area (Å²) in [5.74, 6) is -0.811. The maximum atomic E-state index is 12.4. The van der Waals surface area contributed by atoms with E-state index in [-0.39, 0.29) is 12.5 Å². The topological polar surface area (TPSA) is 120 Å². The highest BCUT2D eigenvalue weighted by Gasteiger charge is 2.24. The molecule has 154 valence electrons. The number of aromatic nitrogens is 1. The molecule has 0 fully saturated rings. The van der Waals surface area contributed by atoms with E-state index in [2.05, 4.69) is 20.9 Å². The zero-order valence-electron chi connectivity index (χ0n) is 16.3. The van der Waals surface area contributed by atoms with Gasteiger partial charge in [-0.15, -0.1) is 0 Å². The number of aliphatic hydroxyl groups is 1. The SMILES string of the molecule is O=C(NC(=O)c1ccc(CO)cc1)Nc1ccc2c(c1)NC(=O)C2=Cc1ccncc1. The average Bonchev–Trinajstić information content (AvgIpc) is 3.08. The molecule has 0 atom stereocenters. The zero-order chi connectivity index (χ0) is 21.8. The van der Waals surface area contributed by atoms with Crippen molar-refractivity contribution in [2.75, 3.05) is 10.6 Å². The summed E-state index contributed by atoms with van der Waals surface area (Å²) in [7, 11) is 0. The van der Waals surface area contributed by atoms with Crippen LogP contribution in [-0.2, 0) is 11.4 Å². The van der Waals surface area contributed by atoms with Crippen molar-refractivity contribution in [1.29, 1.82) is 0 Å². The van der Waals surface area contributed by atoms with Crippen molar-refractivity contribution in [3.05, 3.63) is 89.2 Å². The van der Waals surface area contributed by atoms with E-state index in [1.165, 1.54) is 12.1 Å². The minimum Gasteiger partial charge on any atom is -0.392 e. The fraction of sp³-hybridized carbons (Fsp3) is 0.0435. The number of fused-ring (bicyclic) bond motifs is 1. The second-order valence-corrected chi connectivity index (χ2v) is 6.82. The van der Waals surface area contributed by atoms with Crippen LogP contribution in [0.25, 0.3) is 11.6 Å². The predicted octanol–water partition coefficient (Wildman–Crippen LogP) is 3.03. The first kappa shape index (κ1) is 20.0. The zero-order valence-corrected chi connectivity index (χ0v) is 16.3. The highest BCUT2D eigenvalue weighted by molar-refractivity contribution is 6.35. The number of carbonyl (C=O) groups is 3. The third-order valence-corrected chi connectivity index (χ3v) is 4.70. The summed E-state index contributed by atoms with van der Waals surface area (Å²) in [4.78, 5) is 40.7. The number of hydrogen-bond acceptors (Lipinski definition) is 5. The van der Waals surface area contributed by atoms with Gasteiger partial charge in [-0.25, -0.2) is 4.79 Å². The molecule has 1 aliphatic heterocycles. The smallest absolute Gasteiger partial charge is 0.326 e. The summed E-state index contributed by atoms with van der Waals surface area (Å²) in [6.45, 7) is -0.128. The lowest BCUT2D eigenvalue weighted by Crippen LogP contribution is -2.34. The summed E-state index contributed by atoms with van der Waals surface area (Å²) >= 11 is 0. The summed E-state index contributed by atoms with van der Waals surface area (Å²) in [5, 5.41) is 16.7. The number of rotatable bonds is 4. The van der Waals surface area contributed by atoms with Gasteiger partial charge in [0, 0.05) is 34.8 Å². The van der Waals surface area contributed by atoms with E-state index in [0.717, 1.165) is 5.56 Å². The number of nitrogens with one attached hydrogen (secondary N) is 3. The minimum absolute atomic E-state index is 0.128. The Balaban J connectivity index is 1.45. The van der Waals surface area contributed by atoms with E-state index < -0.39 is 11.9 Å². The van der Waals surface area contributed by atoms with Crippen LogP contribution in [0.3, 0.4) is 0 Å². The molecule has 1 aliphatic rings. The third-order valence-electron chi connectivity index (χ3n) is 4.70. The van der Waals surface area contributed by atoms with Gasteiger partial charge in [0.1, 0.15) is 0 Å². The van der Waals surface area contributed by atoms with Crippen molar-refractivity contribution >= 4 is 40.9 Å². The number of nitrogens with zero attached hydrogens (tertiary/aromatic N) is 1. The first-order valence-electron chi connectivity index (χ1n) is 9.43. The first-order valence-corrected chi connectivity index (χ1v) is 9.43. The molecule has 4 rings (SSSR count). The maximum absolute atomic E-state index is 12.4. The normalized spacial score (nSPS) is 13.5. The van der Waals surface area contributed by atoms with Gasteiger partial charge in [0.15, 0.2) is 0 Å². The number of carbonyl (C=O) groups excluding carboxylic acids is 3. The highest BCUT2D eigenvalue weighted by Crippen LogP contribution is 2.35. The van der Waals surface area contributed by atoms with Gasteiger partial charge in [-0.1, -0.05) is 18.2 Å². The average molecular weight is 414 g/mol. The molecule has 2 heterocycles. The molecular weight excluding hydrogens is 396 g/mol. The number of imide groups is 1. The Kier molecular flexibility index (Phi) is 5.55. The summed E-state index contributed by atoms with van der Waals surface area (Å²) in [5.41, 5.74) is 4.02. The summed E-state index contributed by atoms with van der Waals surface area (Å²) < 4.78 is 0. The number of amides is 4. The number of hydrogen-bond donors (Lipinski definition) is 4. The fourth-order valence-electron chi connectivity index (χ4n) is 3.14. The van der Waals surface area contributed by atoms with Gasteiger partial charge in [-0.2, -0.15) is 0 Å².